The van der Waals surface area contributed by atoms with Crippen molar-refractivity contribution in [1.82, 2.24) is 4.90 Å². The fraction of sp³-hybridized carbons (Fsp3) is 0.636. The first kappa shape index (κ1) is 10.1. The molecule has 78 valence electrons. The highest BCUT2D eigenvalue weighted by atomic mass is 32.1. The van der Waals surface area contributed by atoms with Crippen LogP contribution in [0.3, 0.4) is 0 Å². The zero-order valence-corrected chi connectivity index (χ0v) is 9.17. The molecular formula is C11H17NOS. The maximum absolute atomic E-state index is 9.50. The van der Waals surface area contributed by atoms with Crippen molar-refractivity contribution < 1.29 is 5.11 Å². The number of β-amino-alcohol motifs (C(OH)–C–C–N with tert-alkyl or cyclic N) is 1. The van der Waals surface area contributed by atoms with Gasteiger partial charge in [0.2, 0.25) is 0 Å². The SMILES string of the molecule is OC1CCCN(CCc2cccs2)C1. The molecule has 1 fully saturated rings. The Morgan fingerprint density at radius 2 is 2.50 bits per heavy atom. The molecule has 1 unspecified atom stereocenters. The maximum Gasteiger partial charge on any atom is 0.0667 e. The summed E-state index contributed by atoms with van der Waals surface area (Å²) in [5, 5.41) is 11.6. The fourth-order valence-electron chi connectivity index (χ4n) is 1.96. The van der Waals surface area contributed by atoms with E-state index in [1.807, 2.05) is 11.3 Å². The summed E-state index contributed by atoms with van der Waals surface area (Å²) in [4.78, 5) is 3.82. The van der Waals surface area contributed by atoms with Crippen molar-refractivity contribution in [2.24, 2.45) is 0 Å². The summed E-state index contributed by atoms with van der Waals surface area (Å²) in [7, 11) is 0. The van der Waals surface area contributed by atoms with E-state index in [4.69, 9.17) is 0 Å². The molecule has 1 N–H and O–H groups in total. The van der Waals surface area contributed by atoms with E-state index in [1.165, 1.54) is 4.88 Å². The first-order valence-electron chi connectivity index (χ1n) is 5.27. The number of aliphatic hydroxyl groups is 1. The third-order valence-corrected chi connectivity index (χ3v) is 3.67. The number of hydrogen-bond acceptors (Lipinski definition) is 3. The van der Waals surface area contributed by atoms with Gasteiger partial charge in [0, 0.05) is 18.0 Å². The molecule has 0 saturated carbocycles. The van der Waals surface area contributed by atoms with Crippen LogP contribution in [-0.2, 0) is 6.42 Å². The van der Waals surface area contributed by atoms with E-state index in [9.17, 15) is 5.11 Å². The van der Waals surface area contributed by atoms with Gasteiger partial charge in [0.1, 0.15) is 0 Å². The Balaban J connectivity index is 1.75. The normalized spacial score (nSPS) is 23.9. The monoisotopic (exact) mass is 211 g/mol. The van der Waals surface area contributed by atoms with Gasteiger partial charge in [0.15, 0.2) is 0 Å². The molecular weight excluding hydrogens is 194 g/mol. The molecule has 2 nitrogen and oxygen atoms in total. The standard InChI is InChI=1S/C11H17NOS/c13-10-3-1-6-12(9-10)7-5-11-4-2-8-14-11/h2,4,8,10,13H,1,3,5-7,9H2. The summed E-state index contributed by atoms with van der Waals surface area (Å²) in [5.41, 5.74) is 0. The van der Waals surface area contributed by atoms with Gasteiger partial charge in [-0.3, -0.25) is 0 Å². The van der Waals surface area contributed by atoms with E-state index >= 15 is 0 Å². The molecule has 0 amide bonds. The fourth-order valence-corrected chi connectivity index (χ4v) is 2.66. The van der Waals surface area contributed by atoms with Gasteiger partial charge in [0.05, 0.1) is 6.10 Å². The summed E-state index contributed by atoms with van der Waals surface area (Å²) < 4.78 is 0. The van der Waals surface area contributed by atoms with Gasteiger partial charge in [-0.2, -0.15) is 0 Å². The van der Waals surface area contributed by atoms with Crippen molar-refractivity contribution in [3.63, 3.8) is 0 Å². The lowest BCUT2D eigenvalue weighted by Gasteiger charge is -2.29. The Kier molecular flexibility index (Phi) is 3.56. The van der Waals surface area contributed by atoms with E-state index in [-0.39, 0.29) is 6.10 Å². The van der Waals surface area contributed by atoms with Crippen LogP contribution in [0, 0.1) is 0 Å². The summed E-state index contributed by atoms with van der Waals surface area (Å²) in [6.07, 6.45) is 3.16. The molecule has 2 heterocycles. The average Bonchev–Trinajstić information content (AvgIpc) is 2.67. The first-order chi connectivity index (χ1) is 6.84. The summed E-state index contributed by atoms with van der Waals surface area (Å²) >= 11 is 1.82. The van der Waals surface area contributed by atoms with Crippen LogP contribution in [0.2, 0.25) is 0 Å². The van der Waals surface area contributed by atoms with Crippen LogP contribution < -0.4 is 0 Å². The summed E-state index contributed by atoms with van der Waals surface area (Å²) in [6.45, 7) is 3.12. The van der Waals surface area contributed by atoms with E-state index in [1.54, 1.807) is 0 Å². The van der Waals surface area contributed by atoms with Gasteiger partial charge >= 0.3 is 0 Å². The summed E-state index contributed by atoms with van der Waals surface area (Å²) in [5.74, 6) is 0. The molecule has 1 atom stereocenters. The Labute approximate surface area is 89.2 Å². The van der Waals surface area contributed by atoms with Gasteiger partial charge in [-0.1, -0.05) is 6.07 Å². The van der Waals surface area contributed by atoms with Gasteiger partial charge < -0.3 is 10.0 Å². The molecule has 2 rings (SSSR count). The molecule has 0 bridgehead atoms. The minimum absolute atomic E-state index is 0.0907. The van der Waals surface area contributed by atoms with E-state index in [2.05, 4.69) is 22.4 Å². The number of thiophene rings is 1. The van der Waals surface area contributed by atoms with Gasteiger partial charge in [0.25, 0.3) is 0 Å². The maximum atomic E-state index is 9.50. The highest BCUT2D eigenvalue weighted by molar-refractivity contribution is 7.09. The zero-order valence-electron chi connectivity index (χ0n) is 8.35. The molecule has 1 aromatic rings. The number of likely N-dealkylation sites (tertiary alicyclic amines) is 1. The predicted molar refractivity (Wildman–Crippen MR) is 59.7 cm³/mol. The Morgan fingerprint density at radius 1 is 1.57 bits per heavy atom. The molecule has 14 heavy (non-hydrogen) atoms. The molecule has 1 aliphatic heterocycles. The van der Waals surface area contributed by atoms with Gasteiger partial charge in [-0.15, -0.1) is 11.3 Å². The number of piperidine rings is 1. The van der Waals surface area contributed by atoms with Gasteiger partial charge in [-0.25, -0.2) is 0 Å². The molecule has 1 aliphatic rings. The molecule has 0 aliphatic carbocycles. The third-order valence-electron chi connectivity index (χ3n) is 2.74. The van der Waals surface area contributed by atoms with Crippen LogP contribution in [-0.4, -0.2) is 35.7 Å². The Bertz CT molecular complexity index is 260. The van der Waals surface area contributed by atoms with Crippen LogP contribution >= 0.6 is 11.3 Å². The van der Waals surface area contributed by atoms with E-state index in [0.717, 1.165) is 38.9 Å². The minimum Gasteiger partial charge on any atom is -0.392 e. The molecule has 3 heteroatoms. The Hall–Kier alpha value is -0.380. The minimum atomic E-state index is -0.0907. The summed E-state index contributed by atoms with van der Waals surface area (Å²) in [6, 6.07) is 4.29. The molecule has 1 aromatic heterocycles. The van der Waals surface area contributed by atoms with Crippen molar-refractivity contribution in [2.75, 3.05) is 19.6 Å². The molecule has 0 aromatic carbocycles. The molecule has 0 spiro atoms. The van der Waals surface area contributed by atoms with Crippen molar-refractivity contribution in [3.05, 3.63) is 22.4 Å². The van der Waals surface area contributed by atoms with Crippen molar-refractivity contribution >= 4 is 11.3 Å². The highest BCUT2D eigenvalue weighted by Gasteiger charge is 2.16. The predicted octanol–water partition coefficient (Wildman–Crippen LogP) is 1.75. The van der Waals surface area contributed by atoms with Crippen molar-refractivity contribution in [1.29, 1.82) is 0 Å². The number of rotatable bonds is 3. The molecule has 1 saturated heterocycles. The second-order valence-electron chi connectivity index (χ2n) is 3.93. The topological polar surface area (TPSA) is 23.5 Å². The van der Waals surface area contributed by atoms with Gasteiger partial charge in [-0.05, 0) is 37.3 Å². The van der Waals surface area contributed by atoms with Crippen LogP contribution in [0.25, 0.3) is 0 Å². The van der Waals surface area contributed by atoms with Crippen LogP contribution in [0.1, 0.15) is 17.7 Å². The largest absolute Gasteiger partial charge is 0.392 e. The highest BCUT2D eigenvalue weighted by Crippen LogP contribution is 2.13. The number of nitrogens with zero attached hydrogens (tertiary/aromatic N) is 1. The Morgan fingerprint density at radius 3 is 3.21 bits per heavy atom. The lowest BCUT2D eigenvalue weighted by atomic mass is 10.1. The van der Waals surface area contributed by atoms with Crippen molar-refractivity contribution in [3.8, 4) is 0 Å². The average molecular weight is 211 g/mol. The van der Waals surface area contributed by atoms with Crippen LogP contribution in [0.4, 0.5) is 0 Å². The lowest BCUT2D eigenvalue weighted by molar-refractivity contribution is 0.0715. The zero-order chi connectivity index (χ0) is 9.80. The second-order valence-corrected chi connectivity index (χ2v) is 4.96. The third kappa shape index (κ3) is 2.80. The molecule has 0 radical (unpaired) electrons. The number of aliphatic hydroxyl groups excluding tert-OH is 1. The van der Waals surface area contributed by atoms with E-state index < -0.39 is 0 Å². The van der Waals surface area contributed by atoms with Crippen LogP contribution in [0.5, 0.6) is 0 Å². The smallest absolute Gasteiger partial charge is 0.0667 e. The van der Waals surface area contributed by atoms with Crippen molar-refractivity contribution in [2.45, 2.75) is 25.4 Å². The second kappa shape index (κ2) is 4.91. The lowest BCUT2D eigenvalue weighted by Crippen LogP contribution is -2.39. The quantitative estimate of drug-likeness (QED) is 0.823. The first-order valence-corrected chi connectivity index (χ1v) is 6.15. The van der Waals surface area contributed by atoms with Crippen LogP contribution in [0.15, 0.2) is 17.5 Å². The van der Waals surface area contributed by atoms with E-state index in [0.29, 0.717) is 0 Å². The number of hydrogen-bond donors (Lipinski definition) is 1.